The molecule has 4 aromatic rings. The number of carbonyl (C=O) groups excluding carboxylic acids is 2. The maximum atomic E-state index is 12.9. The molecular weight excluding hydrogens is 607 g/mol. The molecule has 0 saturated heterocycles. The summed E-state index contributed by atoms with van der Waals surface area (Å²) in [5, 5.41) is 17.0. The van der Waals surface area contributed by atoms with E-state index >= 15 is 0 Å². The molecule has 0 aliphatic heterocycles. The fourth-order valence-electron chi connectivity index (χ4n) is 4.81. The molecule has 0 fully saturated rings. The smallest absolute Gasteiger partial charge is 0.176 e. The number of hydrogen-bond acceptors (Lipinski definition) is 8. The van der Waals surface area contributed by atoms with Gasteiger partial charge in [0.15, 0.2) is 16.7 Å². The first kappa shape index (κ1) is 32.3. The highest BCUT2D eigenvalue weighted by Gasteiger charge is 2.42. The van der Waals surface area contributed by atoms with Gasteiger partial charge in [-0.15, -0.1) is 10.2 Å². The second-order valence-corrected chi connectivity index (χ2v) is 11.6. The lowest BCUT2D eigenvalue weighted by Crippen LogP contribution is -2.38. The summed E-state index contributed by atoms with van der Waals surface area (Å²) in [7, 11) is 0. The summed E-state index contributed by atoms with van der Waals surface area (Å²) in [4.78, 5) is 32.9. The van der Waals surface area contributed by atoms with Gasteiger partial charge in [0.05, 0.1) is 33.9 Å². The minimum atomic E-state index is -0.637. The van der Waals surface area contributed by atoms with Gasteiger partial charge >= 0.3 is 0 Å². The maximum Gasteiger partial charge on any atom is 0.176 e. The van der Waals surface area contributed by atoms with Crippen LogP contribution < -0.4 is 0 Å². The van der Waals surface area contributed by atoms with Gasteiger partial charge in [0.1, 0.15) is 10.3 Å². The molecule has 8 nitrogen and oxygen atoms in total. The summed E-state index contributed by atoms with van der Waals surface area (Å²) in [6.45, 7) is 9.44. The number of Topliss-reactive ketones (excluding diaryl/α,β-unsaturated/α-hetero) is 2. The zero-order chi connectivity index (χ0) is 31.1. The Morgan fingerprint density at radius 3 is 2.07 bits per heavy atom. The van der Waals surface area contributed by atoms with Crippen molar-refractivity contribution in [2.75, 3.05) is 0 Å². The van der Waals surface area contributed by atoms with Crippen LogP contribution in [0.4, 0.5) is 0 Å². The molecular formula is C32H31Cl3N6O2. The van der Waals surface area contributed by atoms with E-state index in [-0.39, 0.29) is 17.5 Å². The van der Waals surface area contributed by atoms with Crippen LogP contribution >= 0.6 is 34.8 Å². The molecule has 2 aliphatic carbocycles. The van der Waals surface area contributed by atoms with Gasteiger partial charge in [-0.05, 0) is 93.6 Å². The molecule has 4 heterocycles. The Bertz CT molecular complexity index is 1630. The number of rotatable bonds is 3. The molecule has 2 aliphatic rings. The number of fused-ring (bicyclic) bond motifs is 2. The van der Waals surface area contributed by atoms with E-state index in [2.05, 4.69) is 36.9 Å². The average molecular weight is 638 g/mol. The molecule has 0 aromatic carbocycles. The number of aromatic nitrogens is 6. The van der Waals surface area contributed by atoms with Gasteiger partial charge in [-0.3, -0.25) is 9.59 Å². The summed E-state index contributed by atoms with van der Waals surface area (Å²) in [6, 6.07) is 14.2. The van der Waals surface area contributed by atoms with Crippen molar-refractivity contribution >= 4 is 52.4 Å². The second-order valence-electron chi connectivity index (χ2n) is 10.5. The number of ketones is 2. The Labute approximate surface area is 266 Å². The molecule has 0 saturated carbocycles. The molecule has 2 unspecified atom stereocenters. The molecule has 6 rings (SSSR count). The van der Waals surface area contributed by atoms with Crippen molar-refractivity contribution < 1.29 is 9.59 Å². The normalized spacial score (nSPS) is 18.7. The fraction of sp³-hybridized carbons (Fsp3) is 0.312. The molecule has 4 aromatic heterocycles. The number of carbonyl (C=O) groups is 2. The van der Waals surface area contributed by atoms with E-state index in [9.17, 15) is 9.59 Å². The highest BCUT2D eigenvalue weighted by atomic mass is 35.5. The summed E-state index contributed by atoms with van der Waals surface area (Å²) < 4.78 is 0. The molecule has 43 heavy (non-hydrogen) atoms. The molecule has 222 valence electrons. The van der Waals surface area contributed by atoms with Gasteiger partial charge in [0.25, 0.3) is 0 Å². The minimum Gasteiger partial charge on any atom is -0.294 e. The largest absolute Gasteiger partial charge is 0.294 e. The van der Waals surface area contributed by atoms with Crippen LogP contribution in [0.2, 0.25) is 15.5 Å². The van der Waals surface area contributed by atoms with E-state index in [1.54, 1.807) is 42.5 Å². The van der Waals surface area contributed by atoms with E-state index in [0.29, 0.717) is 27.4 Å². The Balaban J connectivity index is 0.000000163. The van der Waals surface area contributed by atoms with E-state index in [1.807, 2.05) is 32.9 Å². The van der Waals surface area contributed by atoms with E-state index in [4.69, 9.17) is 34.8 Å². The van der Waals surface area contributed by atoms with Crippen LogP contribution in [-0.2, 0) is 24.7 Å². The number of aryl methyl sites for hydroxylation is 3. The van der Waals surface area contributed by atoms with Gasteiger partial charge in [0.2, 0.25) is 0 Å². The van der Waals surface area contributed by atoms with Gasteiger partial charge in [-0.25, -0.2) is 9.97 Å². The summed E-state index contributed by atoms with van der Waals surface area (Å²) in [5.74, 6) is 0.382. The summed E-state index contributed by atoms with van der Waals surface area (Å²) in [6.07, 6.45) is 5.59. The monoisotopic (exact) mass is 636 g/mol. The Kier molecular flexibility index (Phi) is 10.7. The molecule has 0 bridgehead atoms. The van der Waals surface area contributed by atoms with Crippen molar-refractivity contribution in [2.45, 2.75) is 58.3 Å². The topological polar surface area (TPSA) is 111 Å². The third-order valence-corrected chi connectivity index (χ3v) is 8.15. The van der Waals surface area contributed by atoms with Crippen molar-refractivity contribution in [2.24, 2.45) is 5.92 Å². The first-order valence-corrected chi connectivity index (χ1v) is 15.0. The number of pyridine rings is 2. The zero-order valence-electron chi connectivity index (χ0n) is 24.1. The standard InChI is InChI=1S/C16H16ClN3O.C10H10ClNO.C6H5ClN2/c1-3-10-4-6-13(20-19-10)16(2)9-8-12-11(15(16)21)5-7-14(17)18-12;1-6-2-4-8-7(10(6)13)3-5-9(11)12-8;1-2-5-3-4-6(7)9-8-5/h4-7H,3,8-9H2,1-2H3;3,5-6H,2,4H2,1H3;2-4H,1H2. The highest BCUT2D eigenvalue weighted by molar-refractivity contribution is 6.30. The molecule has 0 amide bonds. The Morgan fingerprint density at radius 2 is 1.49 bits per heavy atom. The third-order valence-electron chi connectivity index (χ3n) is 7.52. The van der Waals surface area contributed by atoms with Gasteiger partial charge in [0, 0.05) is 17.0 Å². The van der Waals surface area contributed by atoms with Gasteiger partial charge in [-0.2, -0.15) is 10.2 Å². The highest BCUT2D eigenvalue weighted by Crippen LogP contribution is 2.37. The van der Waals surface area contributed by atoms with Crippen LogP contribution in [0.1, 0.15) is 82.8 Å². The van der Waals surface area contributed by atoms with Gasteiger partial charge < -0.3 is 0 Å². The summed E-state index contributed by atoms with van der Waals surface area (Å²) in [5.41, 5.74) is 4.79. The maximum absolute atomic E-state index is 12.9. The Hall–Kier alpha value is -3.59. The lowest BCUT2D eigenvalue weighted by molar-refractivity contribution is 0.0868. The predicted molar refractivity (Wildman–Crippen MR) is 169 cm³/mol. The number of halogens is 3. The number of hydrogen-bond donors (Lipinski definition) is 0. The van der Waals surface area contributed by atoms with Crippen LogP contribution in [-0.4, -0.2) is 41.9 Å². The van der Waals surface area contributed by atoms with Crippen molar-refractivity contribution in [1.29, 1.82) is 0 Å². The average Bonchev–Trinajstić information content (AvgIpc) is 3.02. The molecule has 2 atom stereocenters. The lowest BCUT2D eigenvalue weighted by Gasteiger charge is -2.31. The fourth-order valence-corrected chi connectivity index (χ4v) is 5.24. The molecule has 0 spiro atoms. The van der Waals surface area contributed by atoms with Crippen molar-refractivity contribution in [3.05, 3.63) is 110 Å². The van der Waals surface area contributed by atoms with E-state index < -0.39 is 5.41 Å². The first-order chi connectivity index (χ1) is 20.5. The van der Waals surface area contributed by atoms with E-state index in [0.717, 1.165) is 59.7 Å². The molecule has 11 heteroatoms. The minimum absolute atomic E-state index is 0.0477. The quantitative estimate of drug-likeness (QED) is 0.213. The van der Waals surface area contributed by atoms with Crippen LogP contribution in [0.15, 0.2) is 55.1 Å². The third kappa shape index (κ3) is 7.68. The Morgan fingerprint density at radius 1 is 0.837 bits per heavy atom. The predicted octanol–water partition coefficient (Wildman–Crippen LogP) is 7.45. The van der Waals surface area contributed by atoms with Gasteiger partial charge in [-0.1, -0.05) is 55.2 Å². The van der Waals surface area contributed by atoms with Crippen molar-refractivity contribution in [3.8, 4) is 0 Å². The molecule has 0 radical (unpaired) electrons. The van der Waals surface area contributed by atoms with Crippen LogP contribution in [0.5, 0.6) is 0 Å². The van der Waals surface area contributed by atoms with Crippen LogP contribution in [0.25, 0.3) is 6.08 Å². The summed E-state index contributed by atoms with van der Waals surface area (Å²) >= 11 is 17.1. The molecule has 0 N–H and O–H groups in total. The van der Waals surface area contributed by atoms with Crippen molar-refractivity contribution in [3.63, 3.8) is 0 Å². The zero-order valence-corrected chi connectivity index (χ0v) is 26.4. The SMILES string of the molecule is C=Cc1ccc(Cl)nn1.CC1CCc2nc(Cl)ccc2C1=O.CCc1ccc(C2(C)CCc3nc(Cl)ccc3C2=O)nn1. The second kappa shape index (κ2) is 14.3. The van der Waals surface area contributed by atoms with Crippen molar-refractivity contribution in [1.82, 2.24) is 30.4 Å². The number of nitrogens with zero attached hydrogens (tertiary/aromatic N) is 6. The lowest BCUT2D eigenvalue weighted by atomic mass is 9.71. The first-order valence-electron chi connectivity index (χ1n) is 13.9. The van der Waals surface area contributed by atoms with Crippen LogP contribution in [0.3, 0.4) is 0 Å². The van der Waals surface area contributed by atoms with Crippen LogP contribution in [0, 0.1) is 5.92 Å². The van der Waals surface area contributed by atoms with E-state index in [1.165, 1.54) is 0 Å².